The summed E-state index contributed by atoms with van der Waals surface area (Å²) >= 11 is 1.94. The van der Waals surface area contributed by atoms with E-state index in [0.29, 0.717) is 3.57 Å². The van der Waals surface area contributed by atoms with E-state index in [1.807, 2.05) is 35.6 Å². The molecule has 0 radical (unpaired) electrons. The van der Waals surface area contributed by atoms with Crippen molar-refractivity contribution in [1.29, 1.82) is 5.26 Å². The van der Waals surface area contributed by atoms with Gasteiger partial charge in [-0.3, -0.25) is 0 Å². The summed E-state index contributed by atoms with van der Waals surface area (Å²) in [5, 5.41) is 8.43. The predicted molar refractivity (Wildman–Crippen MR) is 53.2 cm³/mol. The zero-order valence-corrected chi connectivity index (χ0v) is 8.72. The van der Waals surface area contributed by atoms with Gasteiger partial charge >= 0.3 is 0 Å². The van der Waals surface area contributed by atoms with Crippen LogP contribution in [0.15, 0.2) is 12.1 Å². The van der Waals surface area contributed by atoms with Gasteiger partial charge in [-0.15, -0.1) is 0 Å². The number of hydrogen-bond acceptors (Lipinski definition) is 1. The van der Waals surface area contributed by atoms with Crippen molar-refractivity contribution in [2.75, 3.05) is 0 Å². The lowest BCUT2D eigenvalue weighted by atomic mass is 10.1. The summed E-state index contributed by atoms with van der Waals surface area (Å²) in [5.74, 6) is -0.244. The van der Waals surface area contributed by atoms with Gasteiger partial charge in [0, 0.05) is 3.57 Å². The largest absolute Gasteiger partial charge is 0.206 e. The van der Waals surface area contributed by atoms with Crippen molar-refractivity contribution in [3.8, 4) is 6.07 Å². The average molecular weight is 275 g/mol. The zero-order valence-electron chi connectivity index (χ0n) is 6.56. The molecule has 3 heteroatoms. The zero-order chi connectivity index (χ0) is 9.14. The summed E-state index contributed by atoms with van der Waals surface area (Å²) in [6.07, 6.45) is 0.277. The third kappa shape index (κ3) is 1.95. The molecule has 1 nitrogen and oxygen atoms in total. The minimum absolute atomic E-state index is 0.244. The number of benzene rings is 1. The van der Waals surface area contributed by atoms with E-state index in [-0.39, 0.29) is 12.2 Å². The second kappa shape index (κ2) is 3.85. The van der Waals surface area contributed by atoms with Gasteiger partial charge in [-0.2, -0.15) is 5.26 Å². The van der Waals surface area contributed by atoms with Crippen LogP contribution in [0.1, 0.15) is 11.1 Å². The van der Waals surface area contributed by atoms with Gasteiger partial charge in [-0.1, -0.05) is 0 Å². The second-order valence-corrected chi connectivity index (χ2v) is 3.69. The highest BCUT2D eigenvalue weighted by molar-refractivity contribution is 14.1. The fourth-order valence-corrected chi connectivity index (χ4v) is 1.59. The molecule has 0 fully saturated rings. The summed E-state index contributed by atoms with van der Waals surface area (Å²) in [7, 11) is 0. The molecule has 0 atom stereocenters. The molecule has 0 unspecified atom stereocenters. The minimum atomic E-state index is -0.244. The molecule has 0 saturated carbocycles. The highest BCUT2D eigenvalue weighted by Gasteiger charge is 2.03. The number of aryl methyl sites for hydroxylation is 1. The number of nitriles is 1. The standard InChI is InChI=1S/C9H7FIN/c1-6-4-9(11)8(10)5-7(6)2-3-12/h4-5H,2H2,1H3. The molecular weight excluding hydrogens is 268 g/mol. The first-order chi connectivity index (χ1) is 5.65. The Morgan fingerprint density at radius 3 is 2.83 bits per heavy atom. The highest BCUT2D eigenvalue weighted by Crippen LogP contribution is 2.17. The smallest absolute Gasteiger partial charge is 0.136 e. The number of hydrogen-bond donors (Lipinski definition) is 0. The molecule has 0 aliphatic heterocycles. The summed E-state index contributed by atoms with van der Waals surface area (Å²) in [4.78, 5) is 0. The van der Waals surface area contributed by atoms with Crippen molar-refractivity contribution in [2.45, 2.75) is 13.3 Å². The van der Waals surface area contributed by atoms with E-state index in [9.17, 15) is 4.39 Å². The molecule has 0 N–H and O–H groups in total. The van der Waals surface area contributed by atoms with Gasteiger partial charge in [0.05, 0.1) is 12.5 Å². The quantitative estimate of drug-likeness (QED) is 0.723. The number of nitrogens with zero attached hydrogens (tertiary/aromatic N) is 1. The second-order valence-electron chi connectivity index (χ2n) is 2.53. The molecule has 0 amide bonds. The van der Waals surface area contributed by atoms with E-state index in [0.717, 1.165) is 11.1 Å². The highest BCUT2D eigenvalue weighted by atomic mass is 127. The van der Waals surface area contributed by atoms with E-state index in [1.165, 1.54) is 6.07 Å². The molecule has 0 bridgehead atoms. The van der Waals surface area contributed by atoms with Crippen LogP contribution in [0.3, 0.4) is 0 Å². The Bertz CT molecular complexity index is 341. The summed E-state index contributed by atoms with van der Waals surface area (Å²) < 4.78 is 13.6. The molecule has 12 heavy (non-hydrogen) atoms. The Morgan fingerprint density at radius 2 is 2.25 bits per heavy atom. The van der Waals surface area contributed by atoms with Gasteiger partial charge in [0.2, 0.25) is 0 Å². The van der Waals surface area contributed by atoms with Crippen LogP contribution >= 0.6 is 22.6 Å². The first-order valence-electron chi connectivity index (χ1n) is 3.46. The summed E-state index contributed by atoms with van der Waals surface area (Å²) in [5.41, 5.74) is 1.75. The fourth-order valence-electron chi connectivity index (χ4n) is 0.963. The SMILES string of the molecule is Cc1cc(I)c(F)cc1CC#N. The van der Waals surface area contributed by atoms with E-state index in [2.05, 4.69) is 0 Å². The Kier molecular flexibility index (Phi) is 3.04. The topological polar surface area (TPSA) is 23.8 Å². The third-order valence-electron chi connectivity index (χ3n) is 1.65. The van der Waals surface area contributed by atoms with E-state index in [1.54, 1.807) is 6.07 Å². The van der Waals surface area contributed by atoms with Crippen LogP contribution in [0.2, 0.25) is 0 Å². The maximum absolute atomic E-state index is 13.0. The molecular formula is C9H7FIN. The predicted octanol–water partition coefficient (Wildman–Crippen LogP) is 2.80. The minimum Gasteiger partial charge on any atom is -0.206 e. The lowest BCUT2D eigenvalue weighted by molar-refractivity contribution is 0.618. The molecule has 0 spiro atoms. The molecule has 1 rings (SSSR count). The van der Waals surface area contributed by atoms with E-state index < -0.39 is 0 Å². The van der Waals surface area contributed by atoms with Crippen molar-refractivity contribution < 1.29 is 4.39 Å². The van der Waals surface area contributed by atoms with Crippen LogP contribution in [-0.2, 0) is 6.42 Å². The van der Waals surface area contributed by atoms with Crippen molar-refractivity contribution in [3.05, 3.63) is 32.6 Å². The van der Waals surface area contributed by atoms with E-state index in [4.69, 9.17) is 5.26 Å². The van der Waals surface area contributed by atoms with Crippen LogP contribution in [0.4, 0.5) is 4.39 Å². The lowest BCUT2D eigenvalue weighted by Gasteiger charge is -2.02. The van der Waals surface area contributed by atoms with Crippen LogP contribution in [-0.4, -0.2) is 0 Å². The first kappa shape index (κ1) is 9.46. The van der Waals surface area contributed by atoms with Gasteiger partial charge in [-0.25, -0.2) is 4.39 Å². The van der Waals surface area contributed by atoms with Crippen molar-refractivity contribution >= 4 is 22.6 Å². The summed E-state index contributed by atoms with van der Waals surface area (Å²) in [6.45, 7) is 1.88. The molecule has 62 valence electrons. The van der Waals surface area contributed by atoms with Crippen molar-refractivity contribution in [3.63, 3.8) is 0 Å². The van der Waals surface area contributed by atoms with Crippen LogP contribution < -0.4 is 0 Å². The Hall–Kier alpha value is -0.630. The lowest BCUT2D eigenvalue weighted by Crippen LogP contribution is -1.92. The normalized spacial score (nSPS) is 9.50. The van der Waals surface area contributed by atoms with Crippen LogP contribution in [0.5, 0.6) is 0 Å². The molecule has 1 aromatic carbocycles. The summed E-state index contributed by atoms with van der Waals surface area (Å²) in [6, 6.07) is 5.19. The van der Waals surface area contributed by atoms with Crippen LogP contribution in [0.25, 0.3) is 0 Å². The van der Waals surface area contributed by atoms with Gasteiger partial charge in [-0.05, 0) is 52.8 Å². The van der Waals surface area contributed by atoms with Crippen molar-refractivity contribution in [2.24, 2.45) is 0 Å². The van der Waals surface area contributed by atoms with Gasteiger partial charge in [0.25, 0.3) is 0 Å². The molecule has 0 aliphatic rings. The monoisotopic (exact) mass is 275 g/mol. The van der Waals surface area contributed by atoms with E-state index >= 15 is 0 Å². The maximum Gasteiger partial charge on any atom is 0.136 e. The number of rotatable bonds is 1. The first-order valence-corrected chi connectivity index (χ1v) is 4.54. The average Bonchev–Trinajstić information content (AvgIpc) is 2.01. The molecule has 0 heterocycles. The Balaban J connectivity index is 3.16. The maximum atomic E-state index is 13.0. The van der Waals surface area contributed by atoms with Gasteiger partial charge in [0.1, 0.15) is 5.82 Å². The molecule has 0 saturated heterocycles. The van der Waals surface area contributed by atoms with Gasteiger partial charge < -0.3 is 0 Å². The van der Waals surface area contributed by atoms with Crippen LogP contribution in [0, 0.1) is 27.6 Å². The van der Waals surface area contributed by atoms with Crippen molar-refractivity contribution in [1.82, 2.24) is 0 Å². The number of halogens is 2. The molecule has 0 aliphatic carbocycles. The third-order valence-corrected chi connectivity index (χ3v) is 2.48. The molecule has 0 aromatic heterocycles. The fraction of sp³-hybridized carbons (Fsp3) is 0.222. The Morgan fingerprint density at radius 1 is 1.58 bits per heavy atom. The van der Waals surface area contributed by atoms with Gasteiger partial charge in [0.15, 0.2) is 0 Å². The Labute approximate surface area is 84.3 Å². The molecule has 1 aromatic rings.